The van der Waals surface area contributed by atoms with Crippen molar-refractivity contribution >= 4 is 17.7 Å². The van der Waals surface area contributed by atoms with E-state index in [0.717, 1.165) is 55.4 Å². The molecule has 1 saturated carbocycles. The molecule has 1 N–H and O–H groups in total. The van der Waals surface area contributed by atoms with Crippen LogP contribution >= 0.6 is 0 Å². The minimum atomic E-state index is 0. The zero-order chi connectivity index (χ0) is 25.8. The summed E-state index contributed by atoms with van der Waals surface area (Å²) in [4.78, 5) is 20.8. The summed E-state index contributed by atoms with van der Waals surface area (Å²) in [5, 5.41) is 3.24. The molecule has 37 heavy (non-hydrogen) atoms. The molecule has 0 aromatic carbocycles. The first-order valence-corrected chi connectivity index (χ1v) is 14.2. The predicted octanol–water partition coefficient (Wildman–Crippen LogP) is 6.59. The fourth-order valence-electron chi connectivity index (χ4n) is 5.33. The topological polar surface area (TPSA) is 57.7 Å². The van der Waals surface area contributed by atoms with Crippen LogP contribution in [0.25, 0.3) is 0 Å². The van der Waals surface area contributed by atoms with Crippen LogP contribution < -0.4 is 15.0 Å². The Morgan fingerprint density at radius 2 is 1.97 bits per heavy atom. The quantitative estimate of drug-likeness (QED) is 0.301. The normalized spacial score (nSPS) is 22.3. The van der Waals surface area contributed by atoms with Crippen molar-refractivity contribution in [1.82, 2.24) is 9.88 Å². The third-order valence-corrected chi connectivity index (χ3v) is 7.37. The van der Waals surface area contributed by atoms with E-state index in [4.69, 9.17) is 4.74 Å². The molecular weight excluding hydrogens is 460 g/mol. The van der Waals surface area contributed by atoms with Crippen LogP contribution in [-0.2, 0) is 4.79 Å². The number of ether oxygens (including phenoxy) is 1. The molecule has 1 aliphatic heterocycles. The maximum Gasteiger partial charge on any atom is 0.215 e. The van der Waals surface area contributed by atoms with Crippen LogP contribution in [0.4, 0.5) is 11.4 Å². The summed E-state index contributed by atoms with van der Waals surface area (Å²) >= 11 is 0. The zero-order valence-electron chi connectivity index (χ0n) is 23.0. The molecule has 208 valence electrons. The number of aromatic nitrogens is 1. The number of carbonyl (C=O) groups excluding carboxylic acids is 1. The van der Waals surface area contributed by atoms with Crippen LogP contribution in [0.15, 0.2) is 36.1 Å². The standard InChI is InChI=1S/C27H40N4O2.C3H8.CH4/c1-3-23-16-24(23)9-14-33-27-17-26(25(28-2)18-29-27)31(12-13-32)20-22-8-6-7-21(15-22)19-30-10-4-5-11-30;1-3-2;/h6-7,13,15,17-18,22-24,28H,3-5,8-12,14,16,19-20H2,1-2H3;3H2,1-2H3;1H4. The van der Waals surface area contributed by atoms with Crippen molar-refractivity contribution in [3.8, 4) is 5.88 Å². The molecule has 4 rings (SSSR count). The molecule has 1 aromatic rings. The summed E-state index contributed by atoms with van der Waals surface area (Å²) in [5.41, 5.74) is 3.30. The Morgan fingerprint density at radius 3 is 2.62 bits per heavy atom. The van der Waals surface area contributed by atoms with Gasteiger partial charge >= 0.3 is 0 Å². The highest BCUT2D eigenvalue weighted by molar-refractivity contribution is 5.73. The van der Waals surface area contributed by atoms with Gasteiger partial charge in [0.1, 0.15) is 6.29 Å². The highest BCUT2D eigenvalue weighted by Crippen LogP contribution is 2.43. The van der Waals surface area contributed by atoms with E-state index >= 15 is 0 Å². The van der Waals surface area contributed by atoms with Crippen LogP contribution in [-0.4, -0.2) is 62.5 Å². The van der Waals surface area contributed by atoms with Gasteiger partial charge in [-0.05, 0) is 68.5 Å². The second kappa shape index (κ2) is 16.5. The molecule has 2 fully saturated rings. The summed E-state index contributed by atoms with van der Waals surface area (Å²) < 4.78 is 6.02. The largest absolute Gasteiger partial charge is 0.478 e. The number of anilines is 2. The van der Waals surface area contributed by atoms with Crippen molar-refractivity contribution in [3.05, 3.63) is 36.1 Å². The lowest BCUT2D eigenvalue weighted by Gasteiger charge is -2.29. The molecule has 3 aliphatic rings. The van der Waals surface area contributed by atoms with E-state index in [1.807, 2.05) is 19.3 Å². The monoisotopic (exact) mass is 512 g/mol. The summed E-state index contributed by atoms with van der Waals surface area (Å²) in [6, 6.07) is 1.99. The highest BCUT2D eigenvalue weighted by Gasteiger charge is 2.34. The van der Waals surface area contributed by atoms with Crippen molar-refractivity contribution in [2.24, 2.45) is 17.8 Å². The SMILES string of the molecule is C.CCC.CCC1CC1CCOc1cc(N(CC=O)CC2C=C(CN3CCCC3)C=CC2)c(NC)cn1. The summed E-state index contributed by atoms with van der Waals surface area (Å²) in [7, 11) is 1.90. The first-order valence-electron chi connectivity index (χ1n) is 14.2. The Kier molecular flexibility index (Phi) is 13.8. The number of carbonyl (C=O) groups is 1. The Morgan fingerprint density at radius 1 is 1.22 bits per heavy atom. The van der Waals surface area contributed by atoms with Crippen LogP contribution in [0.3, 0.4) is 0 Å². The summed E-state index contributed by atoms with van der Waals surface area (Å²) in [5.74, 6) is 2.73. The van der Waals surface area contributed by atoms with Gasteiger partial charge in [-0.1, -0.05) is 59.3 Å². The molecule has 0 spiro atoms. The van der Waals surface area contributed by atoms with E-state index in [2.05, 4.69) is 59.1 Å². The van der Waals surface area contributed by atoms with Gasteiger partial charge in [0.2, 0.25) is 5.88 Å². The van der Waals surface area contributed by atoms with Gasteiger partial charge in [0.05, 0.1) is 30.7 Å². The third-order valence-electron chi connectivity index (χ3n) is 7.37. The third kappa shape index (κ3) is 9.81. The van der Waals surface area contributed by atoms with Gasteiger partial charge in [0, 0.05) is 26.2 Å². The molecule has 1 saturated heterocycles. The molecule has 6 heteroatoms. The number of likely N-dealkylation sites (tertiary alicyclic amines) is 1. The Hall–Kier alpha value is -2.34. The fourth-order valence-corrected chi connectivity index (χ4v) is 5.33. The Labute approximate surface area is 226 Å². The van der Waals surface area contributed by atoms with Crippen LogP contribution in [0.2, 0.25) is 0 Å². The number of aldehydes is 1. The van der Waals surface area contributed by atoms with Crippen molar-refractivity contribution in [2.45, 2.75) is 73.1 Å². The second-order valence-corrected chi connectivity index (χ2v) is 10.5. The summed E-state index contributed by atoms with van der Waals surface area (Å²) in [6.45, 7) is 11.8. The average Bonchev–Trinajstić information content (AvgIpc) is 3.46. The van der Waals surface area contributed by atoms with Crippen LogP contribution in [0, 0.1) is 17.8 Å². The molecule has 3 atom stereocenters. The molecule has 2 heterocycles. The van der Waals surface area contributed by atoms with E-state index in [9.17, 15) is 4.79 Å². The molecule has 0 radical (unpaired) electrons. The second-order valence-electron chi connectivity index (χ2n) is 10.5. The number of hydrogen-bond acceptors (Lipinski definition) is 6. The fraction of sp³-hybridized carbons (Fsp3) is 0.677. The van der Waals surface area contributed by atoms with E-state index in [-0.39, 0.29) is 7.43 Å². The minimum Gasteiger partial charge on any atom is -0.478 e. The number of hydrogen-bond donors (Lipinski definition) is 1. The Bertz CT molecular complexity index is 863. The van der Waals surface area contributed by atoms with Crippen molar-refractivity contribution in [1.29, 1.82) is 0 Å². The van der Waals surface area contributed by atoms with Gasteiger partial charge in [-0.25, -0.2) is 4.98 Å². The molecule has 6 nitrogen and oxygen atoms in total. The van der Waals surface area contributed by atoms with E-state index < -0.39 is 0 Å². The maximum absolute atomic E-state index is 11.6. The average molecular weight is 513 g/mol. The minimum absolute atomic E-state index is 0. The first-order chi connectivity index (χ1) is 17.6. The van der Waals surface area contributed by atoms with Crippen molar-refractivity contribution < 1.29 is 9.53 Å². The van der Waals surface area contributed by atoms with Crippen molar-refractivity contribution in [2.75, 3.05) is 56.6 Å². The maximum atomic E-state index is 11.6. The molecule has 0 bridgehead atoms. The lowest BCUT2D eigenvalue weighted by molar-refractivity contribution is -0.106. The summed E-state index contributed by atoms with van der Waals surface area (Å²) in [6.07, 6.45) is 18.4. The predicted molar refractivity (Wildman–Crippen MR) is 158 cm³/mol. The lowest BCUT2D eigenvalue weighted by Crippen LogP contribution is -2.32. The van der Waals surface area contributed by atoms with E-state index in [1.165, 1.54) is 50.8 Å². The molecule has 1 aromatic heterocycles. The lowest BCUT2D eigenvalue weighted by atomic mass is 9.95. The van der Waals surface area contributed by atoms with E-state index in [1.54, 1.807) is 0 Å². The van der Waals surface area contributed by atoms with Gasteiger partial charge < -0.3 is 19.7 Å². The van der Waals surface area contributed by atoms with Gasteiger partial charge in [-0.15, -0.1) is 0 Å². The number of rotatable bonds is 13. The van der Waals surface area contributed by atoms with Gasteiger partial charge in [-0.3, -0.25) is 4.90 Å². The van der Waals surface area contributed by atoms with E-state index in [0.29, 0.717) is 24.9 Å². The number of nitrogens with zero attached hydrogens (tertiary/aromatic N) is 3. The number of allylic oxidation sites excluding steroid dienone is 1. The molecule has 0 amide bonds. The van der Waals surface area contributed by atoms with Crippen LogP contribution in [0.1, 0.15) is 73.1 Å². The van der Waals surface area contributed by atoms with Crippen molar-refractivity contribution in [3.63, 3.8) is 0 Å². The highest BCUT2D eigenvalue weighted by atomic mass is 16.5. The van der Waals surface area contributed by atoms with Gasteiger partial charge in [0.15, 0.2) is 0 Å². The van der Waals surface area contributed by atoms with Gasteiger partial charge in [-0.2, -0.15) is 0 Å². The zero-order valence-corrected chi connectivity index (χ0v) is 23.0. The first kappa shape index (κ1) is 30.9. The van der Waals surface area contributed by atoms with Crippen LogP contribution in [0.5, 0.6) is 5.88 Å². The number of nitrogens with one attached hydrogen (secondary N) is 1. The molecule has 3 unspecified atom stereocenters. The smallest absolute Gasteiger partial charge is 0.215 e. The molecule has 2 aliphatic carbocycles. The molecular formula is C31H52N4O2. The number of pyridine rings is 1. The van der Waals surface area contributed by atoms with Gasteiger partial charge in [0.25, 0.3) is 0 Å². The Balaban J connectivity index is 0.00000115.